The highest BCUT2D eigenvalue weighted by molar-refractivity contribution is 6.04. The van der Waals surface area contributed by atoms with E-state index in [0.29, 0.717) is 17.2 Å². The number of nitrogens with one attached hydrogen (secondary N) is 2. The lowest BCUT2D eigenvalue weighted by Crippen LogP contribution is -2.12. The summed E-state index contributed by atoms with van der Waals surface area (Å²) in [5.41, 5.74) is 4.33. The fraction of sp³-hybridized carbons (Fsp3) is 0.0385. The van der Waals surface area contributed by atoms with Crippen LogP contribution < -0.4 is 10.6 Å². The molecule has 0 aliphatic carbocycles. The maximum Gasteiger partial charge on any atom is 0.255 e. The van der Waals surface area contributed by atoms with E-state index in [0.717, 1.165) is 22.5 Å². The molecule has 0 atom stereocenters. The highest BCUT2D eigenvalue weighted by Gasteiger charge is 2.09. The number of hydrogen-bond acceptors (Lipinski definition) is 6. The highest BCUT2D eigenvalue weighted by atomic mass is 16.1. The summed E-state index contributed by atoms with van der Waals surface area (Å²) in [6.45, 7) is 3.48. The molecule has 2 heterocycles. The molecule has 0 saturated heterocycles. The molecule has 2 aromatic heterocycles. The number of nitrogens with zero attached hydrogens (tertiary/aromatic N) is 3. The third kappa shape index (κ3) is 5.74. The van der Waals surface area contributed by atoms with Crippen LogP contribution in [0.5, 0.6) is 0 Å². The van der Waals surface area contributed by atoms with Crippen LogP contribution in [-0.4, -0.2) is 26.6 Å². The fourth-order valence-corrected chi connectivity index (χ4v) is 3.16. The third-order valence-corrected chi connectivity index (χ3v) is 4.81. The lowest BCUT2D eigenvalue weighted by molar-refractivity contribution is -0.114. The van der Waals surface area contributed by atoms with Crippen LogP contribution >= 0.6 is 0 Å². The van der Waals surface area contributed by atoms with Gasteiger partial charge in [-0.3, -0.25) is 14.6 Å². The number of carbonyl (C=O) groups is 2. The highest BCUT2D eigenvalue weighted by Crippen LogP contribution is 2.20. The molecule has 0 unspecified atom stereocenters. The van der Waals surface area contributed by atoms with Gasteiger partial charge in [-0.05, 0) is 66.2 Å². The van der Waals surface area contributed by atoms with Crippen molar-refractivity contribution in [2.75, 3.05) is 10.6 Å². The normalized spacial score (nSPS) is 10.3. The molecular weight excluding hydrogens is 414 g/mol. The number of aromatic nitrogens is 3. The van der Waals surface area contributed by atoms with Crippen molar-refractivity contribution in [3.8, 4) is 11.3 Å². The number of rotatable bonds is 8. The average Bonchev–Trinajstić information content (AvgIpc) is 2.86. The maximum atomic E-state index is 12.6. The zero-order valence-electron chi connectivity index (χ0n) is 17.7. The van der Waals surface area contributed by atoms with Crippen LogP contribution in [0.4, 0.5) is 17.3 Å². The number of benzene rings is 2. The van der Waals surface area contributed by atoms with E-state index in [9.17, 15) is 9.59 Å². The molecule has 4 aromatic rings. The van der Waals surface area contributed by atoms with Gasteiger partial charge in [-0.25, -0.2) is 9.97 Å². The van der Waals surface area contributed by atoms with Crippen molar-refractivity contribution in [3.05, 3.63) is 109 Å². The van der Waals surface area contributed by atoms with Gasteiger partial charge < -0.3 is 10.6 Å². The number of anilines is 3. The molecule has 0 aliphatic rings. The van der Waals surface area contributed by atoms with Gasteiger partial charge in [-0.1, -0.05) is 18.7 Å². The molecular formula is C26H21N5O2. The van der Waals surface area contributed by atoms with Crippen LogP contribution in [0.25, 0.3) is 11.3 Å². The topological polar surface area (TPSA) is 96.9 Å². The summed E-state index contributed by atoms with van der Waals surface area (Å²) in [6, 6.07) is 19.8. The molecule has 7 heteroatoms. The molecule has 0 saturated carbocycles. The quantitative estimate of drug-likeness (QED) is 0.385. The summed E-state index contributed by atoms with van der Waals surface area (Å²) >= 11 is 0. The van der Waals surface area contributed by atoms with Crippen molar-refractivity contribution in [2.45, 2.75) is 6.42 Å². The first kappa shape index (κ1) is 21.6. The minimum atomic E-state index is -0.254. The Kier molecular flexibility index (Phi) is 6.61. The monoisotopic (exact) mass is 435 g/mol. The molecule has 0 spiro atoms. The summed E-state index contributed by atoms with van der Waals surface area (Å²) in [7, 11) is 0. The van der Waals surface area contributed by atoms with E-state index >= 15 is 0 Å². The first-order valence-electron chi connectivity index (χ1n) is 10.3. The Balaban J connectivity index is 1.41. The van der Waals surface area contributed by atoms with Gasteiger partial charge in [0.05, 0.1) is 5.69 Å². The number of ketones is 1. The molecule has 2 N–H and O–H groups in total. The standard InChI is InChI=1S/C26H21N5O2/c1-2-23(32)16-18-5-3-6-19(15-18)25(33)29-21-8-10-22(11-9-21)30-26-28-14-12-24(31-26)20-7-4-13-27-17-20/h2-15,17H,1,16H2,(H,29,33)(H,28,30,31). The van der Waals surface area contributed by atoms with E-state index in [1.807, 2.05) is 36.4 Å². The van der Waals surface area contributed by atoms with Crippen molar-refractivity contribution >= 4 is 29.0 Å². The van der Waals surface area contributed by atoms with Gasteiger partial charge in [0.1, 0.15) is 0 Å². The fourth-order valence-electron chi connectivity index (χ4n) is 3.16. The van der Waals surface area contributed by atoms with Crippen LogP contribution in [0.2, 0.25) is 0 Å². The van der Waals surface area contributed by atoms with E-state index in [1.165, 1.54) is 6.08 Å². The first-order valence-corrected chi connectivity index (χ1v) is 10.3. The number of amides is 1. The summed E-state index contributed by atoms with van der Waals surface area (Å²) < 4.78 is 0. The Hall–Kier alpha value is -4.65. The second kappa shape index (κ2) is 10.1. The van der Waals surface area contributed by atoms with Crippen LogP contribution in [0.3, 0.4) is 0 Å². The van der Waals surface area contributed by atoms with Gasteiger partial charge in [0.25, 0.3) is 5.91 Å². The summed E-state index contributed by atoms with van der Waals surface area (Å²) in [6.07, 6.45) is 6.64. The molecule has 4 rings (SSSR count). The largest absolute Gasteiger partial charge is 0.324 e. The van der Waals surface area contributed by atoms with Crippen LogP contribution in [-0.2, 0) is 11.2 Å². The second-order valence-corrected chi connectivity index (χ2v) is 7.21. The minimum Gasteiger partial charge on any atom is -0.324 e. The SMILES string of the molecule is C=CC(=O)Cc1cccc(C(=O)Nc2ccc(Nc3nccc(-c4cccnc4)n3)cc2)c1. The Bertz CT molecular complexity index is 1290. The van der Waals surface area contributed by atoms with E-state index in [4.69, 9.17) is 0 Å². The van der Waals surface area contributed by atoms with Crippen molar-refractivity contribution in [3.63, 3.8) is 0 Å². The Morgan fingerprint density at radius 3 is 2.52 bits per heavy atom. The van der Waals surface area contributed by atoms with Crippen molar-refractivity contribution < 1.29 is 9.59 Å². The summed E-state index contributed by atoms with van der Waals surface area (Å²) in [5.74, 6) is 0.112. The van der Waals surface area contributed by atoms with Crippen molar-refractivity contribution in [2.24, 2.45) is 0 Å². The zero-order valence-corrected chi connectivity index (χ0v) is 17.7. The molecule has 0 aliphatic heterocycles. The van der Waals surface area contributed by atoms with Gasteiger partial charge >= 0.3 is 0 Å². The van der Waals surface area contributed by atoms with Crippen molar-refractivity contribution in [1.29, 1.82) is 0 Å². The van der Waals surface area contributed by atoms with Crippen LogP contribution in [0.1, 0.15) is 15.9 Å². The van der Waals surface area contributed by atoms with Crippen LogP contribution in [0, 0.1) is 0 Å². The molecule has 33 heavy (non-hydrogen) atoms. The number of pyridine rings is 1. The van der Waals surface area contributed by atoms with Gasteiger partial charge in [0, 0.05) is 47.5 Å². The smallest absolute Gasteiger partial charge is 0.255 e. The Morgan fingerprint density at radius 1 is 0.939 bits per heavy atom. The predicted octanol–water partition coefficient (Wildman–Crippen LogP) is 4.83. The molecule has 2 aromatic carbocycles. The van der Waals surface area contributed by atoms with E-state index < -0.39 is 0 Å². The van der Waals surface area contributed by atoms with Gasteiger partial charge in [0.15, 0.2) is 5.78 Å². The van der Waals surface area contributed by atoms with E-state index in [1.54, 1.807) is 48.9 Å². The van der Waals surface area contributed by atoms with Crippen molar-refractivity contribution in [1.82, 2.24) is 15.0 Å². The van der Waals surface area contributed by atoms with Gasteiger partial charge in [-0.15, -0.1) is 0 Å². The first-order chi connectivity index (χ1) is 16.1. The lowest BCUT2D eigenvalue weighted by Gasteiger charge is -2.09. The third-order valence-electron chi connectivity index (χ3n) is 4.81. The summed E-state index contributed by atoms with van der Waals surface area (Å²) in [4.78, 5) is 37.1. The molecule has 0 radical (unpaired) electrons. The number of allylic oxidation sites excluding steroid dienone is 1. The van der Waals surface area contributed by atoms with E-state index in [-0.39, 0.29) is 18.1 Å². The molecule has 0 bridgehead atoms. The molecule has 162 valence electrons. The predicted molar refractivity (Wildman–Crippen MR) is 128 cm³/mol. The van der Waals surface area contributed by atoms with E-state index in [2.05, 4.69) is 32.2 Å². The van der Waals surface area contributed by atoms with Gasteiger partial charge in [-0.2, -0.15) is 0 Å². The van der Waals surface area contributed by atoms with Crippen LogP contribution in [0.15, 0.2) is 98.0 Å². The number of hydrogen-bond donors (Lipinski definition) is 2. The average molecular weight is 435 g/mol. The Labute approximate surface area is 191 Å². The molecule has 1 amide bonds. The summed E-state index contributed by atoms with van der Waals surface area (Å²) in [5, 5.41) is 6.03. The second-order valence-electron chi connectivity index (χ2n) is 7.21. The maximum absolute atomic E-state index is 12.6. The Morgan fingerprint density at radius 2 is 1.76 bits per heavy atom. The molecule has 0 fully saturated rings. The number of carbonyl (C=O) groups excluding carboxylic acids is 2. The zero-order chi connectivity index (χ0) is 23.0. The molecule has 7 nitrogen and oxygen atoms in total. The van der Waals surface area contributed by atoms with Gasteiger partial charge in [0.2, 0.25) is 5.95 Å². The minimum absolute atomic E-state index is 0.0920. The lowest BCUT2D eigenvalue weighted by atomic mass is 10.1.